The van der Waals surface area contributed by atoms with Crippen LogP contribution in [0, 0.1) is 6.92 Å². The van der Waals surface area contributed by atoms with Gasteiger partial charge in [0, 0.05) is 18.2 Å². The zero-order chi connectivity index (χ0) is 18.0. The molecule has 0 radical (unpaired) electrons. The number of ether oxygens (including phenoxy) is 4. The predicted molar refractivity (Wildman–Crippen MR) is 97.0 cm³/mol. The molecule has 0 amide bonds. The molecule has 26 heavy (non-hydrogen) atoms. The molecule has 0 aliphatic rings. The van der Waals surface area contributed by atoms with Crippen molar-refractivity contribution in [2.45, 2.75) is 6.92 Å². The normalized spacial score (nSPS) is 10.2. The summed E-state index contributed by atoms with van der Waals surface area (Å²) in [6.07, 6.45) is 0. The zero-order valence-corrected chi connectivity index (χ0v) is 16.1. The lowest BCUT2D eigenvalue weighted by Crippen LogP contribution is -3.00. The summed E-state index contributed by atoms with van der Waals surface area (Å²) in [5, 5.41) is 1.04. The van der Waals surface area contributed by atoms with Crippen molar-refractivity contribution in [1.29, 1.82) is 0 Å². The summed E-state index contributed by atoms with van der Waals surface area (Å²) in [5.41, 5.74) is 2.69. The third kappa shape index (κ3) is 3.48. The molecule has 3 rings (SSSR count). The third-order valence-electron chi connectivity index (χ3n) is 4.13. The zero-order valence-electron chi connectivity index (χ0n) is 15.4. The minimum Gasteiger partial charge on any atom is -1.00 e. The number of hydrogen-bond acceptors (Lipinski definition) is 4. The van der Waals surface area contributed by atoms with Crippen LogP contribution in [-0.4, -0.2) is 28.4 Å². The summed E-state index contributed by atoms with van der Waals surface area (Å²) >= 11 is 0. The van der Waals surface area contributed by atoms with Gasteiger partial charge in [-0.05, 0) is 24.6 Å². The van der Waals surface area contributed by atoms with Crippen LogP contribution >= 0.6 is 0 Å². The van der Waals surface area contributed by atoms with Gasteiger partial charge in [-0.15, -0.1) is 0 Å². The largest absolute Gasteiger partial charge is 1.00 e. The molecule has 0 aliphatic carbocycles. The average Bonchev–Trinajstić information content (AvgIpc) is 2.65. The van der Waals surface area contributed by atoms with Gasteiger partial charge in [0.05, 0.1) is 45.5 Å². The quantitative estimate of drug-likeness (QED) is 0.635. The highest BCUT2D eigenvalue weighted by molar-refractivity contribution is 5.84. The summed E-state index contributed by atoms with van der Waals surface area (Å²) in [5.74, 6) is 3.16. The number of benzene rings is 2. The second kappa shape index (κ2) is 8.15. The van der Waals surface area contributed by atoms with Crippen molar-refractivity contribution in [1.82, 2.24) is 0 Å². The van der Waals surface area contributed by atoms with Crippen LogP contribution in [0.4, 0.5) is 0 Å². The van der Waals surface area contributed by atoms with E-state index in [0.717, 1.165) is 27.8 Å². The van der Waals surface area contributed by atoms with Crippen molar-refractivity contribution in [3.05, 3.63) is 42.0 Å². The molecular formula is C20H21ClO5. The number of hydrogen-bond donors (Lipinski definition) is 0. The molecule has 0 fully saturated rings. The second-order valence-electron chi connectivity index (χ2n) is 5.57. The maximum absolute atomic E-state index is 6.11. The molecule has 5 nitrogen and oxygen atoms in total. The van der Waals surface area contributed by atoms with Gasteiger partial charge in [-0.2, -0.15) is 0 Å². The highest BCUT2D eigenvalue weighted by Crippen LogP contribution is 2.42. The molecule has 3 aromatic rings. The molecule has 6 heteroatoms. The third-order valence-corrected chi connectivity index (χ3v) is 4.13. The Morgan fingerprint density at radius 3 is 1.96 bits per heavy atom. The number of halogens is 1. The summed E-state index contributed by atoms with van der Waals surface area (Å²) in [6, 6.07) is 11.5. The minimum atomic E-state index is 0. The van der Waals surface area contributed by atoms with Crippen molar-refractivity contribution in [3.8, 4) is 34.3 Å². The maximum Gasteiger partial charge on any atom is 0.364 e. The molecule has 2 aromatic carbocycles. The maximum atomic E-state index is 6.11. The van der Waals surface area contributed by atoms with Crippen LogP contribution < -0.4 is 31.4 Å². The van der Waals surface area contributed by atoms with E-state index in [2.05, 4.69) is 0 Å². The van der Waals surface area contributed by atoms with Gasteiger partial charge in [-0.1, -0.05) is 0 Å². The molecule has 0 unspecified atom stereocenters. The van der Waals surface area contributed by atoms with Gasteiger partial charge >= 0.3 is 11.3 Å². The monoisotopic (exact) mass is 376 g/mol. The van der Waals surface area contributed by atoms with Crippen molar-refractivity contribution in [2.75, 3.05) is 28.4 Å². The molecule has 1 aromatic heterocycles. The van der Waals surface area contributed by atoms with Crippen molar-refractivity contribution < 1.29 is 35.8 Å². The van der Waals surface area contributed by atoms with Gasteiger partial charge in [-0.25, -0.2) is 4.42 Å². The Kier molecular flexibility index (Phi) is 6.16. The van der Waals surface area contributed by atoms with Gasteiger partial charge in [0.2, 0.25) is 5.75 Å². The minimum absolute atomic E-state index is 0. The van der Waals surface area contributed by atoms with E-state index in [1.54, 1.807) is 28.4 Å². The van der Waals surface area contributed by atoms with E-state index < -0.39 is 0 Å². The Bertz CT molecular complexity index is 898. The summed E-state index contributed by atoms with van der Waals surface area (Å²) in [4.78, 5) is 0. The molecule has 0 N–H and O–H groups in total. The highest BCUT2D eigenvalue weighted by atomic mass is 35.5. The fourth-order valence-corrected chi connectivity index (χ4v) is 2.83. The Balaban J connectivity index is 0.00000243. The fraction of sp³-hybridized carbons (Fsp3) is 0.250. The molecule has 0 aliphatic heterocycles. The van der Waals surface area contributed by atoms with Crippen molar-refractivity contribution in [3.63, 3.8) is 0 Å². The first-order valence-corrected chi connectivity index (χ1v) is 7.83. The van der Waals surface area contributed by atoms with E-state index in [0.29, 0.717) is 23.0 Å². The van der Waals surface area contributed by atoms with Crippen LogP contribution in [0.1, 0.15) is 5.56 Å². The van der Waals surface area contributed by atoms with E-state index in [4.69, 9.17) is 23.4 Å². The summed E-state index contributed by atoms with van der Waals surface area (Å²) < 4.78 is 27.6. The molecule has 0 atom stereocenters. The number of rotatable bonds is 5. The van der Waals surface area contributed by atoms with Gasteiger partial charge in [0.25, 0.3) is 0 Å². The van der Waals surface area contributed by atoms with Crippen molar-refractivity contribution in [2.24, 2.45) is 0 Å². The SMILES string of the molecule is COc1ccc2c(C)cc(-c3cc(OC)c(OC)c(OC)c3)[o+]c2c1.[Cl-]. The van der Waals surface area contributed by atoms with E-state index in [-0.39, 0.29) is 12.4 Å². The Morgan fingerprint density at radius 1 is 0.769 bits per heavy atom. The van der Waals surface area contributed by atoms with Crippen LogP contribution in [0.5, 0.6) is 23.0 Å². The van der Waals surface area contributed by atoms with E-state index >= 15 is 0 Å². The van der Waals surface area contributed by atoms with E-state index in [1.165, 1.54) is 0 Å². The van der Waals surface area contributed by atoms with Crippen LogP contribution in [0.15, 0.2) is 40.8 Å². The summed E-state index contributed by atoms with van der Waals surface area (Å²) in [6.45, 7) is 2.05. The lowest BCUT2D eigenvalue weighted by Gasteiger charge is -2.12. The van der Waals surface area contributed by atoms with Gasteiger partial charge < -0.3 is 31.4 Å². The predicted octanol–water partition coefficient (Wildman–Crippen LogP) is 1.73. The second-order valence-corrected chi connectivity index (χ2v) is 5.57. The molecule has 1 heterocycles. The van der Waals surface area contributed by atoms with Crippen LogP contribution in [-0.2, 0) is 0 Å². The van der Waals surface area contributed by atoms with Crippen LogP contribution in [0.3, 0.4) is 0 Å². The lowest BCUT2D eigenvalue weighted by atomic mass is 10.1. The molecule has 0 spiro atoms. The molecule has 0 saturated carbocycles. The van der Waals surface area contributed by atoms with Crippen LogP contribution in [0.2, 0.25) is 0 Å². The molecular weight excluding hydrogens is 356 g/mol. The standard InChI is InChI=1S/C20H21O5.ClH/c1-12-8-16(25-17-11-14(21-2)6-7-15(12)17)13-9-18(22-3)20(24-5)19(10-13)23-4;/h6-11H,1-5H3;1H/q+1;/p-1. The average molecular weight is 377 g/mol. The van der Waals surface area contributed by atoms with Gasteiger partial charge in [0.15, 0.2) is 11.5 Å². The lowest BCUT2D eigenvalue weighted by molar-refractivity contribution is -0.00000671. The topological polar surface area (TPSA) is 48.2 Å². The van der Waals surface area contributed by atoms with E-state index in [9.17, 15) is 0 Å². The molecule has 138 valence electrons. The number of fused-ring (bicyclic) bond motifs is 1. The Morgan fingerprint density at radius 2 is 1.42 bits per heavy atom. The Labute approximate surface area is 158 Å². The fourth-order valence-electron chi connectivity index (χ4n) is 2.83. The number of aryl methyl sites for hydroxylation is 1. The molecule has 0 saturated heterocycles. The first-order valence-electron chi connectivity index (χ1n) is 7.83. The number of methoxy groups -OCH3 is 4. The first-order chi connectivity index (χ1) is 12.1. The first kappa shape index (κ1) is 19.7. The van der Waals surface area contributed by atoms with Gasteiger partial charge in [-0.3, -0.25) is 0 Å². The Hall–Kier alpha value is -2.66. The molecule has 0 bridgehead atoms. The van der Waals surface area contributed by atoms with Gasteiger partial charge in [0.1, 0.15) is 5.75 Å². The van der Waals surface area contributed by atoms with E-state index in [1.807, 2.05) is 43.3 Å². The summed E-state index contributed by atoms with van der Waals surface area (Å²) in [7, 11) is 6.40. The van der Waals surface area contributed by atoms with Crippen molar-refractivity contribution >= 4 is 11.0 Å². The highest BCUT2D eigenvalue weighted by Gasteiger charge is 2.22. The van der Waals surface area contributed by atoms with Crippen LogP contribution in [0.25, 0.3) is 22.3 Å². The smallest absolute Gasteiger partial charge is 0.364 e.